The van der Waals surface area contributed by atoms with Gasteiger partial charge in [-0.25, -0.2) is 14.1 Å². The number of nitrogens with one attached hydrogen (secondary N) is 2. The number of nitrogens with zero attached hydrogens (tertiary/aromatic N) is 2. The van der Waals surface area contributed by atoms with Crippen LogP contribution in [-0.4, -0.2) is 28.3 Å². The molecule has 37 heavy (non-hydrogen) atoms. The largest absolute Gasteiger partial charge is 0.337 e. The highest BCUT2D eigenvalue weighted by atomic mass is 35.5. The van der Waals surface area contributed by atoms with Crippen LogP contribution in [0.2, 0.25) is 5.02 Å². The molecular weight excluding hydrogens is 499 g/mol. The van der Waals surface area contributed by atoms with Crippen molar-refractivity contribution in [2.45, 2.75) is 6.54 Å². The van der Waals surface area contributed by atoms with Crippen LogP contribution in [0.5, 0.6) is 0 Å². The first-order valence-electron chi connectivity index (χ1n) is 11.1. The molecule has 5 rings (SSSR count). The number of amides is 5. The Hall–Kier alpha value is -4.76. The molecule has 0 aliphatic carbocycles. The number of carbonyl (C=O) groups excluding carboxylic acids is 4. The van der Waals surface area contributed by atoms with Crippen molar-refractivity contribution >= 4 is 63.7 Å². The Labute approximate surface area is 214 Å². The average molecular weight is 517 g/mol. The molecule has 184 valence electrons. The van der Waals surface area contributed by atoms with Crippen LogP contribution in [0.25, 0.3) is 17.0 Å². The second-order valence-electron chi connectivity index (χ2n) is 8.22. The van der Waals surface area contributed by atoms with E-state index in [1.165, 1.54) is 24.3 Å². The number of rotatable bonds is 5. The van der Waals surface area contributed by atoms with Crippen LogP contribution in [0.3, 0.4) is 0 Å². The molecule has 1 aliphatic rings. The first-order chi connectivity index (χ1) is 17.8. The first-order valence-corrected chi connectivity index (χ1v) is 11.5. The summed E-state index contributed by atoms with van der Waals surface area (Å²) >= 11 is 5.89. The predicted molar refractivity (Wildman–Crippen MR) is 137 cm³/mol. The molecule has 1 aromatic heterocycles. The molecule has 2 heterocycles. The molecule has 0 unspecified atom stereocenters. The van der Waals surface area contributed by atoms with E-state index in [1.807, 2.05) is 0 Å². The number of anilines is 2. The van der Waals surface area contributed by atoms with E-state index in [4.69, 9.17) is 11.6 Å². The van der Waals surface area contributed by atoms with Crippen LogP contribution in [0.4, 0.5) is 20.6 Å². The lowest BCUT2D eigenvalue weighted by atomic mass is 10.1. The number of benzene rings is 3. The minimum atomic E-state index is -0.973. The minimum Gasteiger partial charge on any atom is -0.337 e. The van der Waals surface area contributed by atoms with Gasteiger partial charge >= 0.3 is 6.03 Å². The molecule has 0 bridgehead atoms. The number of imide groups is 2. The van der Waals surface area contributed by atoms with E-state index in [1.54, 1.807) is 59.3 Å². The lowest BCUT2D eigenvalue weighted by Gasteiger charge is -2.26. The van der Waals surface area contributed by atoms with Gasteiger partial charge in [0.15, 0.2) is 0 Å². The van der Waals surface area contributed by atoms with Crippen molar-refractivity contribution in [3.63, 3.8) is 0 Å². The lowest BCUT2D eigenvalue weighted by molar-refractivity contribution is -0.122. The fourth-order valence-corrected chi connectivity index (χ4v) is 4.20. The first kappa shape index (κ1) is 24.0. The summed E-state index contributed by atoms with van der Waals surface area (Å²) in [6, 6.07) is 17.8. The minimum absolute atomic E-state index is 0.0119. The van der Waals surface area contributed by atoms with Gasteiger partial charge in [0, 0.05) is 33.4 Å². The number of hydrogen-bond acceptors (Lipinski definition) is 4. The number of para-hydroxylation sites is 1. The Morgan fingerprint density at radius 1 is 1.00 bits per heavy atom. The van der Waals surface area contributed by atoms with Gasteiger partial charge in [-0.05, 0) is 54.6 Å². The second kappa shape index (κ2) is 9.71. The predicted octanol–water partition coefficient (Wildman–Crippen LogP) is 4.74. The maximum absolute atomic E-state index is 13.7. The van der Waals surface area contributed by atoms with Crippen molar-refractivity contribution in [1.82, 2.24) is 9.88 Å². The number of aromatic nitrogens is 1. The second-order valence-corrected chi connectivity index (χ2v) is 8.66. The summed E-state index contributed by atoms with van der Waals surface area (Å²) in [6.45, 7) is -0.0413. The topological polar surface area (TPSA) is 101 Å². The number of halogens is 2. The fraction of sp³-hybridized carbons (Fsp3) is 0.0370. The number of hydrogen-bond donors (Lipinski definition) is 2. The fourth-order valence-electron chi connectivity index (χ4n) is 4.07. The third kappa shape index (κ3) is 4.85. The van der Waals surface area contributed by atoms with Crippen molar-refractivity contribution in [3.8, 4) is 0 Å². The molecule has 2 N–H and O–H groups in total. The Morgan fingerprint density at radius 2 is 1.76 bits per heavy atom. The highest BCUT2D eigenvalue weighted by Crippen LogP contribution is 2.27. The van der Waals surface area contributed by atoms with E-state index >= 15 is 0 Å². The molecule has 0 atom stereocenters. The van der Waals surface area contributed by atoms with Crippen LogP contribution in [0.15, 0.2) is 84.6 Å². The third-order valence-corrected chi connectivity index (χ3v) is 5.98. The zero-order chi connectivity index (χ0) is 26.1. The molecule has 1 aliphatic heterocycles. The zero-order valence-corrected chi connectivity index (χ0v) is 19.8. The van der Waals surface area contributed by atoms with Crippen molar-refractivity contribution < 1.29 is 23.6 Å². The standard InChI is InChI=1S/C27H18ClFN4O4/c28-17-8-10-19(11-9-17)30-24(34)15-32-14-16(21-6-1-2-7-23(21)32)12-22-25(35)31-27(37)33(26(22)36)20-5-3-4-18(29)13-20/h1-14H,15H2,(H,30,34)(H,31,35,37)/b22-12+. The number of barbiturate groups is 1. The van der Waals surface area contributed by atoms with E-state index in [9.17, 15) is 23.6 Å². The molecule has 10 heteroatoms. The van der Waals surface area contributed by atoms with Gasteiger partial charge < -0.3 is 9.88 Å². The third-order valence-electron chi connectivity index (χ3n) is 5.73. The zero-order valence-electron chi connectivity index (χ0n) is 19.1. The summed E-state index contributed by atoms with van der Waals surface area (Å²) in [5.41, 5.74) is 1.45. The van der Waals surface area contributed by atoms with E-state index in [0.717, 1.165) is 6.07 Å². The molecule has 1 saturated heterocycles. The molecular formula is C27H18ClFN4O4. The van der Waals surface area contributed by atoms with Gasteiger partial charge in [-0.3, -0.25) is 19.7 Å². The summed E-state index contributed by atoms with van der Waals surface area (Å²) in [6.07, 6.45) is 2.99. The molecule has 0 saturated carbocycles. The van der Waals surface area contributed by atoms with Crippen molar-refractivity contribution in [2.24, 2.45) is 0 Å². The van der Waals surface area contributed by atoms with E-state index in [-0.39, 0.29) is 23.7 Å². The molecule has 3 aromatic carbocycles. The van der Waals surface area contributed by atoms with Gasteiger partial charge in [-0.2, -0.15) is 0 Å². The summed E-state index contributed by atoms with van der Waals surface area (Å²) in [5.74, 6) is -2.70. The SMILES string of the molecule is O=C(Cn1cc(/C=C2\C(=O)NC(=O)N(c3cccc(F)c3)C2=O)c2ccccc21)Nc1ccc(Cl)cc1. The normalized spacial score (nSPS) is 14.8. The number of urea groups is 1. The Kier molecular flexibility index (Phi) is 6.29. The molecule has 8 nitrogen and oxygen atoms in total. The Balaban J connectivity index is 1.48. The van der Waals surface area contributed by atoms with Gasteiger partial charge in [-0.1, -0.05) is 35.9 Å². The highest BCUT2D eigenvalue weighted by molar-refractivity contribution is 6.39. The van der Waals surface area contributed by atoms with Crippen LogP contribution >= 0.6 is 11.6 Å². The van der Waals surface area contributed by atoms with Gasteiger partial charge in [-0.15, -0.1) is 0 Å². The Bertz CT molecular complexity index is 1610. The lowest BCUT2D eigenvalue weighted by Crippen LogP contribution is -2.54. The van der Waals surface area contributed by atoms with Crippen LogP contribution < -0.4 is 15.5 Å². The molecule has 5 amide bonds. The van der Waals surface area contributed by atoms with Crippen LogP contribution in [0, 0.1) is 5.82 Å². The maximum Gasteiger partial charge on any atom is 0.335 e. The van der Waals surface area contributed by atoms with Gasteiger partial charge in [0.2, 0.25) is 5.91 Å². The molecule has 0 radical (unpaired) electrons. The summed E-state index contributed by atoms with van der Waals surface area (Å²) in [5, 5.41) is 6.15. The smallest absolute Gasteiger partial charge is 0.335 e. The Morgan fingerprint density at radius 3 is 2.51 bits per heavy atom. The number of fused-ring (bicyclic) bond motifs is 1. The quantitative estimate of drug-likeness (QED) is 0.295. The van der Waals surface area contributed by atoms with Crippen molar-refractivity contribution in [2.75, 3.05) is 10.2 Å². The molecule has 0 spiro atoms. The van der Waals surface area contributed by atoms with Gasteiger partial charge in [0.05, 0.1) is 5.69 Å². The number of carbonyl (C=O) groups is 4. The van der Waals surface area contributed by atoms with E-state index in [0.29, 0.717) is 32.1 Å². The summed E-state index contributed by atoms with van der Waals surface area (Å²) in [4.78, 5) is 51.6. The summed E-state index contributed by atoms with van der Waals surface area (Å²) in [7, 11) is 0. The highest BCUT2D eigenvalue weighted by Gasteiger charge is 2.37. The maximum atomic E-state index is 13.7. The van der Waals surface area contributed by atoms with Crippen molar-refractivity contribution in [1.29, 1.82) is 0 Å². The van der Waals surface area contributed by atoms with E-state index in [2.05, 4.69) is 10.6 Å². The average Bonchev–Trinajstić information content (AvgIpc) is 3.20. The van der Waals surface area contributed by atoms with Crippen LogP contribution in [-0.2, 0) is 20.9 Å². The van der Waals surface area contributed by atoms with Gasteiger partial charge in [0.25, 0.3) is 11.8 Å². The monoisotopic (exact) mass is 516 g/mol. The van der Waals surface area contributed by atoms with Crippen molar-refractivity contribution in [3.05, 3.63) is 101 Å². The molecule has 4 aromatic rings. The molecule has 1 fully saturated rings. The van der Waals surface area contributed by atoms with Crippen LogP contribution in [0.1, 0.15) is 5.56 Å². The summed E-state index contributed by atoms with van der Waals surface area (Å²) < 4.78 is 15.4. The van der Waals surface area contributed by atoms with E-state index < -0.39 is 23.7 Å². The van der Waals surface area contributed by atoms with Gasteiger partial charge in [0.1, 0.15) is 17.9 Å².